The second-order valence-electron chi connectivity index (χ2n) is 4.13. The first kappa shape index (κ1) is 14.2. The number of aryl methyl sites for hydroxylation is 1. The minimum absolute atomic E-state index is 0.173. The van der Waals surface area contributed by atoms with Crippen molar-refractivity contribution in [2.75, 3.05) is 10.5 Å². The zero-order valence-electron chi connectivity index (χ0n) is 10.4. The number of hydrogen-bond donors (Lipinski definition) is 2. The van der Waals surface area contributed by atoms with E-state index in [0.717, 1.165) is 17.7 Å². The van der Waals surface area contributed by atoms with Gasteiger partial charge in [-0.1, -0.05) is 0 Å². The standard InChI is InChI=1S/C12H11F2N3O2S/c1-7-4-8(6-16-5-7)17-20(18,19)10-3-2-9(13)12(15)11(10)14/h2-6,17H,15H2,1H3. The maximum atomic E-state index is 13.7. The van der Waals surface area contributed by atoms with Crippen molar-refractivity contribution >= 4 is 21.4 Å². The van der Waals surface area contributed by atoms with Crippen molar-refractivity contribution < 1.29 is 17.2 Å². The highest BCUT2D eigenvalue weighted by Crippen LogP contribution is 2.24. The largest absolute Gasteiger partial charge is 0.394 e. The van der Waals surface area contributed by atoms with E-state index in [1.165, 1.54) is 18.5 Å². The molecule has 0 spiro atoms. The molecule has 106 valence electrons. The van der Waals surface area contributed by atoms with Gasteiger partial charge in [0.1, 0.15) is 16.4 Å². The molecule has 2 aromatic rings. The summed E-state index contributed by atoms with van der Waals surface area (Å²) in [6, 6.07) is 3.13. The zero-order chi connectivity index (χ0) is 14.9. The van der Waals surface area contributed by atoms with E-state index in [1.54, 1.807) is 6.92 Å². The van der Waals surface area contributed by atoms with Gasteiger partial charge in [0.2, 0.25) is 0 Å². The van der Waals surface area contributed by atoms with Gasteiger partial charge in [0.25, 0.3) is 10.0 Å². The van der Waals surface area contributed by atoms with Crippen molar-refractivity contribution in [3.05, 3.63) is 47.8 Å². The van der Waals surface area contributed by atoms with Gasteiger partial charge in [0.15, 0.2) is 5.82 Å². The van der Waals surface area contributed by atoms with E-state index in [-0.39, 0.29) is 5.69 Å². The highest BCUT2D eigenvalue weighted by atomic mass is 32.2. The third kappa shape index (κ3) is 2.69. The number of nitrogens with one attached hydrogen (secondary N) is 1. The van der Waals surface area contributed by atoms with Crippen molar-refractivity contribution in [1.29, 1.82) is 0 Å². The third-order valence-electron chi connectivity index (χ3n) is 2.51. The molecule has 0 saturated heterocycles. The quantitative estimate of drug-likeness (QED) is 0.849. The molecule has 0 bridgehead atoms. The minimum Gasteiger partial charge on any atom is -0.394 e. The van der Waals surface area contributed by atoms with Crippen LogP contribution in [0.4, 0.5) is 20.2 Å². The average molecular weight is 299 g/mol. The van der Waals surface area contributed by atoms with E-state index >= 15 is 0 Å². The first-order chi connectivity index (χ1) is 9.31. The van der Waals surface area contributed by atoms with Gasteiger partial charge in [-0.05, 0) is 30.7 Å². The molecule has 0 aliphatic heterocycles. The summed E-state index contributed by atoms with van der Waals surface area (Å²) < 4.78 is 53.0. The monoisotopic (exact) mass is 299 g/mol. The predicted octanol–water partition coefficient (Wildman–Crippen LogP) is 2.05. The second kappa shape index (κ2) is 5.04. The molecule has 0 atom stereocenters. The highest BCUT2D eigenvalue weighted by Gasteiger charge is 2.22. The Balaban J connectivity index is 2.44. The summed E-state index contributed by atoms with van der Waals surface area (Å²) in [6.07, 6.45) is 2.81. The summed E-state index contributed by atoms with van der Waals surface area (Å²) in [6.45, 7) is 1.72. The molecular weight excluding hydrogens is 288 g/mol. The molecule has 0 unspecified atom stereocenters. The van der Waals surface area contributed by atoms with Crippen molar-refractivity contribution in [2.45, 2.75) is 11.8 Å². The lowest BCUT2D eigenvalue weighted by atomic mass is 10.3. The van der Waals surface area contributed by atoms with E-state index in [4.69, 9.17) is 5.73 Å². The first-order valence-electron chi connectivity index (χ1n) is 5.49. The maximum Gasteiger partial charge on any atom is 0.264 e. The number of rotatable bonds is 3. The number of benzene rings is 1. The lowest BCUT2D eigenvalue weighted by Crippen LogP contribution is -2.16. The van der Waals surface area contributed by atoms with Crippen LogP contribution < -0.4 is 10.5 Å². The Hall–Kier alpha value is -2.22. The summed E-state index contributed by atoms with van der Waals surface area (Å²) in [5.41, 5.74) is 5.20. The molecule has 1 heterocycles. The molecule has 0 radical (unpaired) electrons. The van der Waals surface area contributed by atoms with E-state index in [2.05, 4.69) is 9.71 Å². The molecule has 8 heteroatoms. The van der Waals surface area contributed by atoms with Crippen molar-refractivity contribution in [1.82, 2.24) is 4.98 Å². The molecule has 0 saturated carbocycles. The lowest BCUT2D eigenvalue weighted by Gasteiger charge is -2.10. The van der Waals surface area contributed by atoms with Gasteiger partial charge in [-0.3, -0.25) is 9.71 Å². The van der Waals surface area contributed by atoms with Gasteiger partial charge >= 0.3 is 0 Å². The summed E-state index contributed by atoms with van der Waals surface area (Å²) in [5, 5.41) is 0. The lowest BCUT2D eigenvalue weighted by molar-refractivity contribution is 0.557. The molecule has 5 nitrogen and oxygen atoms in total. The van der Waals surface area contributed by atoms with E-state index in [9.17, 15) is 17.2 Å². The normalized spacial score (nSPS) is 11.3. The van der Waals surface area contributed by atoms with Crippen LogP contribution in [0.15, 0.2) is 35.5 Å². The van der Waals surface area contributed by atoms with Crippen LogP contribution in [0.3, 0.4) is 0 Å². The maximum absolute atomic E-state index is 13.7. The van der Waals surface area contributed by atoms with Gasteiger partial charge in [-0.15, -0.1) is 0 Å². The van der Waals surface area contributed by atoms with Gasteiger partial charge < -0.3 is 5.73 Å². The van der Waals surface area contributed by atoms with Crippen molar-refractivity contribution in [3.63, 3.8) is 0 Å². The number of nitrogen functional groups attached to an aromatic ring is 1. The topological polar surface area (TPSA) is 85.1 Å². The molecule has 0 aliphatic rings. The highest BCUT2D eigenvalue weighted by molar-refractivity contribution is 7.92. The summed E-state index contributed by atoms with van der Waals surface area (Å²) in [7, 11) is -4.21. The number of nitrogens with zero attached hydrogens (tertiary/aromatic N) is 1. The van der Waals surface area contributed by atoms with Crippen LogP contribution in [-0.2, 0) is 10.0 Å². The average Bonchev–Trinajstić information content (AvgIpc) is 2.35. The number of halogens is 2. The molecule has 0 amide bonds. The Morgan fingerprint density at radius 3 is 2.60 bits per heavy atom. The zero-order valence-corrected chi connectivity index (χ0v) is 11.2. The smallest absolute Gasteiger partial charge is 0.264 e. The fraction of sp³-hybridized carbons (Fsp3) is 0.0833. The first-order valence-corrected chi connectivity index (χ1v) is 6.97. The van der Waals surface area contributed by atoms with Gasteiger partial charge in [-0.25, -0.2) is 17.2 Å². The molecule has 1 aromatic heterocycles. The Morgan fingerprint density at radius 1 is 1.25 bits per heavy atom. The van der Waals surface area contributed by atoms with Crippen molar-refractivity contribution in [3.8, 4) is 0 Å². The Morgan fingerprint density at radius 2 is 1.95 bits per heavy atom. The number of nitrogens with two attached hydrogens (primary N) is 1. The van der Waals surface area contributed by atoms with Crippen LogP contribution in [-0.4, -0.2) is 13.4 Å². The van der Waals surface area contributed by atoms with Crippen molar-refractivity contribution in [2.24, 2.45) is 0 Å². The Kier molecular flexibility index (Phi) is 3.58. The van der Waals surface area contributed by atoms with E-state index in [0.29, 0.717) is 0 Å². The molecular formula is C12H11F2N3O2S. The molecule has 3 N–H and O–H groups in total. The van der Waals surface area contributed by atoms with Crippen LogP contribution in [0.2, 0.25) is 0 Å². The van der Waals surface area contributed by atoms with Gasteiger partial charge in [0.05, 0.1) is 11.9 Å². The predicted molar refractivity (Wildman–Crippen MR) is 70.6 cm³/mol. The molecule has 0 aliphatic carbocycles. The van der Waals surface area contributed by atoms with E-state index in [1.807, 2.05) is 0 Å². The van der Waals surface area contributed by atoms with Crippen LogP contribution in [0.25, 0.3) is 0 Å². The van der Waals surface area contributed by atoms with Crippen LogP contribution >= 0.6 is 0 Å². The van der Waals surface area contributed by atoms with Crippen LogP contribution in [0.1, 0.15) is 5.56 Å². The number of sulfonamides is 1. The van der Waals surface area contributed by atoms with Gasteiger partial charge in [0, 0.05) is 6.20 Å². The molecule has 2 rings (SSSR count). The van der Waals surface area contributed by atoms with E-state index < -0.39 is 32.2 Å². The summed E-state index contributed by atoms with van der Waals surface area (Å²) in [5.74, 6) is -2.34. The number of anilines is 2. The number of pyridine rings is 1. The van der Waals surface area contributed by atoms with Crippen LogP contribution in [0.5, 0.6) is 0 Å². The third-order valence-corrected chi connectivity index (χ3v) is 3.91. The second-order valence-corrected chi connectivity index (χ2v) is 5.78. The SMILES string of the molecule is Cc1cncc(NS(=O)(=O)c2ccc(F)c(N)c2F)c1. The number of aromatic nitrogens is 1. The Bertz CT molecular complexity index is 763. The molecule has 20 heavy (non-hydrogen) atoms. The van der Waals surface area contributed by atoms with Gasteiger partial charge in [-0.2, -0.15) is 0 Å². The number of hydrogen-bond acceptors (Lipinski definition) is 4. The fourth-order valence-electron chi connectivity index (χ4n) is 1.58. The molecule has 0 fully saturated rings. The fourth-order valence-corrected chi connectivity index (χ4v) is 2.70. The minimum atomic E-state index is -4.21. The van der Waals surface area contributed by atoms with Crippen LogP contribution in [0, 0.1) is 18.6 Å². The Labute approximate surface area is 114 Å². The molecule has 1 aromatic carbocycles. The summed E-state index contributed by atoms with van der Waals surface area (Å²) >= 11 is 0. The summed E-state index contributed by atoms with van der Waals surface area (Å²) in [4.78, 5) is 3.09.